The van der Waals surface area contributed by atoms with E-state index >= 15 is 0 Å². The third-order valence-corrected chi connectivity index (χ3v) is 2.56. The minimum absolute atomic E-state index is 0.247. The molecule has 0 bridgehead atoms. The Balaban J connectivity index is 2.70. The van der Waals surface area contributed by atoms with E-state index in [9.17, 15) is 9.90 Å². The van der Waals surface area contributed by atoms with Gasteiger partial charge in [0.05, 0.1) is 24.4 Å². The Morgan fingerprint density at radius 2 is 2.05 bits per heavy atom. The molecular formula is C15H24N2O3. The molecule has 0 aromatic heterocycles. The van der Waals surface area contributed by atoms with Crippen molar-refractivity contribution in [3.05, 3.63) is 24.3 Å². The van der Waals surface area contributed by atoms with Crippen LogP contribution in [0.5, 0.6) is 5.75 Å². The van der Waals surface area contributed by atoms with Crippen LogP contribution in [-0.4, -0.2) is 41.8 Å². The zero-order chi connectivity index (χ0) is 15.2. The van der Waals surface area contributed by atoms with Gasteiger partial charge in [-0.2, -0.15) is 0 Å². The van der Waals surface area contributed by atoms with Gasteiger partial charge in [-0.15, -0.1) is 0 Å². The summed E-state index contributed by atoms with van der Waals surface area (Å²) in [6.45, 7) is 6.20. The van der Waals surface area contributed by atoms with Crippen LogP contribution in [-0.2, 0) is 0 Å². The molecule has 1 rings (SSSR count). The molecule has 2 N–H and O–H groups in total. The number of hydrogen-bond donors (Lipinski definition) is 2. The highest BCUT2D eigenvalue weighted by atomic mass is 16.5. The number of urea groups is 1. The van der Waals surface area contributed by atoms with Crippen LogP contribution in [0.4, 0.5) is 10.5 Å². The zero-order valence-electron chi connectivity index (χ0n) is 12.6. The van der Waals surface area contributed by atoms with Gasteiger partial charge in [0, 0.05) is 7.05 Å². The number of nitrogens with one attached hydrogen (secondary N) is 1. The molecule has 0 aliphatic heterocycles. The second kappa shape index (κ2) is 7.14. The molecule has 0 aliphatic rings. The fourth-order valence-corrected chi connectivity index (χ4v) is 1.77. The van der Waals surface area contributed by atoms with Crippen LogP contribution < -0.4 is 10.1 Å². The molecule has 0 saturated carbocycles. The molecule has 0 heterocycles. The lowest BCUT2D eigenvalue weighted by atomic mass is 10.1. The van der Waals surface area contributed by atoms with Gasteiger partial charge in [0.2, 0.25) is 0 Å². The fourth-order valence-electron chi connectivity index (χ4n) is 1.77. The number of anilines is 1. The van der Waals surface area contributed by atoms with Crippen molar-refractivity contribution in [1.82, 2.24) is 4.90 Å². The van der Waals surface area contributed by atoms with Gasteiger partial charge in [-0.1, -0.05) is 19.1 Å². The van der Waals surface area contributed by atoms with Crippen LogP contribution in [0.1, 0.15) is 27.2 Å². The number of para-hydroxylation sites is 2. The third-order valence-electron chi connectivity index (χ3n) is 2.56. The normalized spacial score (nSPS) is 11.1. The number of hydrogen-bond acceptors (Lipinski definition) is 3. The topological polar surface area (TPSA) is 61.8 Å². The molecule has 20 heavy (non-hydrogen) atoms. The van der Waals surface area contributed by atoms with Crippen LogP contribution in [0, 0.1) is 0 Å². The smallest absolute Gasteiger partial charge is 0.321 e. The molecule has 112 valence electrons. The summed E-state index contributed by atoms with van der Waals surface area (Å²) in [6, 6.07) is 7.04. The molecule has 5 nitrogen and oxygen atoms in total. The van der Waals surface area contributed by atoms with E-state index < -0.39 is 5.60 Å². The van der Waals surface area contributed by atoms with Gasteiger partial charge in [0.15, 0.2) is 0 Å². The van der Waals surface area contributed by atoms with E-state index in [2.05, 4.69) is 5.32 Å². The molecule has 1 aromatic rings. The first-order valence-electron chi connectivity index (χ1n) is 6.80. The number of amides is 2. The quantitative estimate of drug-likeness (QED) is 0.842. The summed E-state index contributed by atoms with van der Waals surface area (Å²) < 4.78 is 5.59. The van der Waals surface area contributed by atoms with Crippen molar-refractivity contribution in [2.75, 3.05) is 25.5 Å². The highest BCUT2D eigenvalue weighted by molar-refractivity contribution is 5.90. The minimum atomic E-state index is -0.926. The number of carbonyl (C=O) groups is 1. The number of likely N-dealkylation sites (N-methyl/N-ethyl adjacent to an activating group) is 1. The Morgan fingerprint density at radius 3 is 2.65 bits per heavy atom. The number of carbonyl (C=O) groups excluding carboxylic acids is 1. The highest BCUT2D eigenvalue weighted by Gasteiger charge is 2.20. The van der Waals surface area contributed by atoms with Gasteiger partial charge in [0.25, 0.3) is 0 Å². The van der Waals surface area contributed by atoms with Gasteiger partial charge < -0.3 is 20.1 Å². The van der Waals surface area contributed by atoms with E-state index in [-0.39, 0.29) is 12.6 Å². The average Bonchev–Trinajstić information content (AvgIpc) is 2.35. The third kappa shape index (κ3) is 5.48. The van der Waals surface area contributed by atoms with Crippen molar-refractivity contribution in [1.29, 1.82) is 0 Å². The Kier molecular flexibility index (Phi) is 5.82. The lowest BCUT2D eigenvalue weighted by Gasteiger charge is -2.26. The van der Waals surface area contributed by atoms with Crippen molar-refractivity contribution in [2.45, 2.75) is 32.8 Å². The van der Waals surface area contributed by atoms with Gasteiger partial charge >= 0.3 is 6.03 Å². The Morgan fingerprint density at radius 1 is 1.40 bits per heavy atom. The number of rotatable bonds is 6. The monoisotopic (exact) mass is 280 g/mol. The van der Waals surface area contributed by atoms with Crippen molar-refractivity contribution >= 4 is 11.7 Å². The molecule has 0 unspecified atom stereocenters. The van der Waals surface area contributed by atoms with Crippen LogP contribution in [0.15, 0.2) is 24.3 Å². The minimum Gasteiger partial charge on any atom is -0.491 e. The van der Waals surface area contributed by atoms with E-state index in [0.717, 1.165) is 6.42 Å². The standard InChI is InChI=1S/C15H24N2O3/c1-5-10-20-13-9-7-6-8-12(13)16-14(18)17(4)11-15(2,3)19/h6-9,19H,5,10-11H2,1-4H3,(H,16,18). The Hall–Kier alpha value is -1.75. The lowest BCUT2D eigenvalue weighted by Crippen LogP contribution is -2.41. The van der Waals surface area contributed by atoms with Gasteiger partial charge in [0.1, 0.15) is 5.75 Å². The number of benzene rings is 1. The average molecular weight is 280 g/mol. The van der Waals surface area contributed by atoms with Crippen molar-refractivity contribution in [3.8, 4) is 5.75 Å². The Bertz CT molecular complexity index is 441. The summed E-state index contributed by atoms with van der Waals surface area (Å²) in [5, 5.41) is 12.5. The summed E-state index contributed by atoms with van der Waals surface area (Å²) in [4.78, 5) is 13.5. The summed E-state index contributed by atoms with van der Waals surface area (Å²) in [6.07, 6.45) is 0.904. The molecule has 0 spiro atoms. The maximum Gasteiger partial charge on any atom is 0.321 e. The molecular weight excluding hydrogens is 256 g/mol. The number of aliphatic hydroxyl groups is 1. The Labute approximate surface area is 120 Å². The van der Waals surface area contributed by atoms with Crippen LogP contribution in [0.2, 0.25) is 0 Å². The first kappa shape index (κ1) is 16.3. The fraction of sp³-hybridized carbons (Fsp3) is 0.533. The summed E-state index contributed by atoms with van der Waals surface area (Å²) in [5.41, 5.74) is -0.293. The van der Waals surface area contributed by atoms with E-state index in [1.807, 2.05) is 25.1 Å². The molecule has 0 aliphatic carbocycles. The maximum absolute atomic E-state index is 12.1. The summed E-state index contributed by atoms with van der Waals surface area (Å²) in [7, 11) is 1.64. The van der Waals surface area contributed by atoms with E-state index in [1.165, 1.54) is 4.90 Å². The highest BCUT2D eigenvalue weighted by Crippen LogP contribution is 2.24. The van der Waals surface area contributed by atoms with Gasteiger partial charge in [-0.3, -0.25) is 0 Å². The van der Waals surface area contributed by atoms with E-state index in [1.54, 1.807) is 27.0 Å². The van der Waals surface area contributed by atoms with Crippen molar-refractivity contribution in [2.24, 2.45) is 0 Å². The summed E-state index contributed by atoms with van der Waals surface area (Å²) in [5.74, 6) is 0.652. The zero-order valence-corrected chi connectivity index (χ0v) is 12.6. The predicted octanol–water partition coefficient (Wildman–Crippen LogP) is 2.71. The molecule has 0 saturated heterocycles. The molecule has 2 amide bonds. The second-order valence-corrected chi connectivity index (χ2v) is 5.44. The van der Waals surface area contributed by atoms with Gasteiger partial charge in [-0.05, 0) is 32.4 Å². The first-order chi connectivity index (χ1) is 9.33. The largest absolute Gasteiger partial charge is 0.491 e. The van der Waals surface area contributed by atoms with Crippen LogP contribution >= 0.6 is 0 Å². The molecule has 5 heteroatoms. The number of nitrogens with zero attached hydrogens (tertiary/aromatic N) is 1. The van der Waals surface area contributed by atoms with Gasteiger partial charge in [-0.25, -0.2) is 4.79 Å². The maximum atomic E-state index is 12.1. The molecule has 1 aromatic carbocycles. The predicted molar refractivity (Wildman–Crippen MR) is 80.2 cm³/mol. The van der Waals surface area contributed by atoms with E-state index in [0.29, 0.717) is 18.0 Å². The summed E-state index contributed by atoms with van der Waals surface area (Å²) >= 11 is 0. The SMILES string of the molecule is CCCOc1ccccc1NC(=O)N(C)CC(C)(C)O. The molecule has 0 fully saturated rings. The second-order valence-electron chi connectivity index (χ2n) is 5.44. The van der Waals surface area contributed by atoms with Crippen molar-refractivity contribution < 1.29 is 14.6 Å². The lowest BCUT2D eigenvalue weighted by molar-refractivity contribution is 0.0550. The molecule has 0 atom stereocenters. The molecule has 0 radical (unpaired) electrons. The first-order valence-corrected chi connectivity index (χ1v) is 6.80. The number of ether oxygens (including phenoxy) is 1. The van der Waals surface area contributed by atoms with E-state index in [4.69, 9.17) is 4.74 Å². The van der Waals surface area contributed by atoms with Crippen LogP contribution in [0.25, 0.3) is 0 Å². The van der Waals surface area contributed by atoms with Crippen LogP contribution in [0.3, 0.4) is 0 Å². The van der Waals surface area contributed by atoms with Crippen molar-refractivity contribution in [3.63, 3.8) is 0 Å².